The van der Waals surface area contributed by atoms with Crippen LogP contribution in [0.2, 0.25) is 0 Å². The zero-order valence-electron chi connectivity index (χ0n) is 14.5. The second kappa shape index (κ2) is 7.63. The van der Waals surface area contributed by atoms with Crippen LogP contribution in [0, 0.1) is 11.8 Å². The Morgan fingerprint density at radius 2 is 1.27 bits per heavy atom. The molecule has 1 saturated carbocycles. The second-order valence-electron chi connectivity index (χ2n) is 7.26. The molecule has 1 aliphatic rings. The van der Waals surface area contributed by atoms with Crippen LogP contribution in [0.3, 0.4) is 0 Å². The topological polar surface area (TPSA) is 0 Å². The first-order valence-corrected chi connectivity index (χ1v) is 8.64. The molecule has 0 bridgehead atoms. The molecule has 0 saturated heterocycles. The third-order valence-corrected chi connectivity index (χ3v) is 4.73. The normalized spacial score (nSPS) is 15.4. The van der Waals surface area contributed by atoms with E-state index in [9.17, 15) is 0 Å². The summed E-state index contributed by atoms with van der Waals surface area (Å²) in [6, 6.07) is 21.6. The summed E-state index contributed by atoms with van der Waals surface area (Å²) in [7, 11) is 0. The molecule has 0 atom stereocenters. The molecule has 1 fully saturated rings. The summed E-state index contributed by atoms with van der Waals surface area (Å²) in [6.45, 7) is 9.15. The van der Waals surface area contributed by atoms with Crippen LogP contribution in [0.5, 0.6) is 0 Å². The summed E-state index contributed by atoms with van der Waals surface area (Å²) in [5, 5.41) is 0. The van der Waals surface area contributed by atoms with Crippen molar-refractivity contribution in [3.63, 3.8) is 0 Å². The first-order chi connectivity index (χ1) is 10.5. The molecule has 118 valence electrons. The molecule has 0 aliphatic heterocycles. The SMILES string of the molecule is CC(C)C1(c2ccccc2)CC1.CC(C)Cc1ccccc1. The van der Waals surface area contributed by atoms with Crippen LogP contribution in [0.15, 0.2) is 60.7 Å². The van der Waals surface area contributed by atoms with E-state index in [0.29, 0.717) is 5.41 Å². The molecular weight excluding hydrogens is 264 g/mol. The van der Waals surface area contributed by atoms with Gasteiger partial charge in [0.15, 0.2) is 0 Å². The van der Waals surface area contributed by atoms with Crippen LogP contribution in [0.4, 0.5) is 0 Å². The number of hydrogen-bond acceptors (Lipinski definition) is 0. The van der Waals surface area contributed by atoms with Gasteiger partial charge in [0.2, 0.25) is 0 Å². The number of hydrogen-bond donors (Lipinski definition) is 0. The molecule has 1 aliphatic carbocycles. The molecule has 0 heteroatoms. The maximum Gasteiger partial charge on any atom is -0.00234 e. The fourth-order valence-corrected chi connectivity index (χ4v) is 3.19. The lowest BCUT2D eigenvalue weighted by atomic mass is 9.85. The average Bonchev–Trinajstić information content (AvgIpc) is 3.31. The lowest BCUT2D eigenvalue weighted by molar-refractivity contribution is 0.481. The smallest absolute Gasteiger partial charge is 0.00234 e. The Morgan fingerprint density at radius 1 is 0.773 bits per heavy atom. The Morgan fingerprint density at radius 3 is 1.68 bits per heavy atom. The molecular formula is C22H30. The molecule has 2 aromatic carbocycles. The van der Waals surface area contributed by atoms with Crippen molar-refractivity contribution in [2.24, 2.45) is 11.8 Å². The summed E-state index contributed by atoms with van der Waals surface area (Å²) in [5.41, 5.74) is 3.53. The third-order valence-electron chi connectivity index (χ3n) is 4.73. The van der Waals surface area contributed by atoms with Gasteiger partial charge in [0, 0.05) is 0 Å². The highest BCUT2D eigenvalue weighted by Gasteiger charge is 2.46. The summed E-state index contributed by atoms with van der Waals surface area (Å²) in [5.74, 6) is 1.56. The molecule has 0 unspecified atom stereocenters. The van der Waals surface area contributed by atoms with Crippen LogP contribution in [-0.4, -0.2) is 0 Å². The Hall–Kier alpha value is -1.56. The average molecular weight is 294 g/mol. The molecule has 22 heavy (non-hydrogen) atoms. The van der Waals surface area contributed by atoms with Crippen molar-refractivity contribution in [2.45, 2.75) is 52.4 Å². The van der Waals surface area contributed by atoms with E-state index in [1.54, 1.807) is 5.56 Å². The van der Waals surface area contributed by atoms with E-state index in [-0.39, 0.29) is 0 Å². The summed E-state index contributed by atoms with van der Waals surface area (Å²) in [4.78, 5) is 0. The van der Waals surface area contributed by atoms with Gasteiger partial charge in [-0.05, 0) is 47.6 Å². The number of benzene rings is 2. The van der Waals surface area contributed by atoms with Gasteiger partial charge in [0.05, 0.1) is 0 Å². The second-order valence-corrected chi connectivity index (χ2v) is 7.26. The van der Waals surface area contributed by atoms with E-state index < -0.39 is 0 Å². The zero-order valence-corrected chi connectivity index (χ0v) is 14.5. The molecule has 0 N–H and O–H groups in total. The highest BCUT2D eigenvalue weighted by molar-refractivity contribution is 5.31. The Balaban J connectivity index is 0.000000164. The van der Waals surface area contributed by atoms with E-state index in [2.05, 4.69) is 88.4 Å². The highest BCUT2D eigenvalue weighted by Crippen LogP contribution is 2.53. The van der Waals surface area contributed by atoms with Gasteiger partial charge in [-0.3, -0.25) is 0 Å². The first-order valence-electron chi connectivity index (χ1n) is 8.64. The van der Waals surface area contributed by atoms with Gasteiger partial charge in [-0.2, -0.15) is 0 Å². The minimum Gasteiger partial charge on any atom is -0.0625 e. The van der Waals surface area contributed by atoms with Gasteiger partial charge in [0.1, 0.15) is 0 Å². The van der Waals surface area contributed by atoms with E-state index in [4.69, 9.17) is 0 Å². The molecule has 0 aromatic heterocycles. The third kappa shape index (κ3) is 4.47. The molecule has 3 rings (SSSR count). The molecule has 0 heterocycles. The molecule has 0 spiro atoms. The van der Waals surface area contributed by atoms with Crippen molar-refractivity contribution < 1.29 is 0 Å². The predicted octanol–water partition coefficient (Wildman–Crippen LogP) is 6.26. The highest BCUT2D eigenvalue weighted by atomic mass is 14.5. The molecule has 0 amide bonds. The molecule has 2 aromatic rings. The van der Waals surface area contributed by atoms with Gasteiger partial charge < -0.3 is 0 Å². The van der Waals surface area contributed by atoms with E-state index in [0.717, 1.165) is 11.8 Å². The van der Waals surface area contributed by atoms with E-state index in [1.807, 2.05) is 0 Å². The van der Waals surface area contributed by atoms with Crippen molar-refractivity contribution in [1.29, 1.82) is 0 Å². The summed E-state index contributed by atoms with van der Waals surface area (Å²) in [6.07, 6.45) is 3.96. The minimum atomic E-state index is 0.543. The predicted molar refractivity (Wildman–Crippen MR) is 97.2 cm³/mol. The Bertz CT molecular complexity index is 533. The van der Waals surface area contributed by atoms with E-state index >= 15 is 0 Å². The van der Waals surface area contributed by atoms with Crippen molar-refractivity contribution >= 4 is 0 Å². The Kier molecular flexibility index (Phi) is 5.83. The number of rotatable bonds is 4. The van der Waals surface area contributed by atoms with Crippen LogP contribution < -0.4 is 0 Å². The fourth-order valence-electron chi connectivity index (χ4n) is 3.19. The van der Waals surface area contributed by atoms with Gasteiger partial charge >= 0.3 is 0 Å². The molecule has 0 nitrogen and oxygen atoms in total. The standard InChI is InChI=1S/C12H16.C10H14/c1-10(2)12(8-9-12)11-6-4-3-5-7-11;1-9(2)8-10-6-4-3-5-7-10/h3-7,10H,8-9H2,1-2H3;3-7,9H,8H2,1-2H3. The van der Waals surface area contributed by atoms with Crippen LogP contribution >= 0.6 is 0 Å². The van der Waals surface area contributed by atoms with Crippen LogP contribution in [0.25, 0.3) is 0 Å². The lowest BCUT2D eigenvalue weighted by Gasteiger charge is -2.19. The molecule has 0 radical (unpaired) electrons. The van der Waals surface area contributed by atoms with Gasteiger partial charge in [-0.1, -0.05) is 88.4 Å². The monoisotopic (exact) mass is 294 g/mol. The van der Waals surface area contributed by atoms with Crippen molar-refractivity contribution in [1.82, 2.24) is 0 Å². The van der Waals surface area contributed by atoms with Gasteiger partial charge in [-0.15, -0.1) is 0 Å². The quantitative estimate of drug-likeness (QED) is 0.624. The van der Waals surface area contributed by atoms with Gasteiger partial charge in [-0.25, -0.2) is 0 Å². The van der Waals surface area contributed by atoms with Crippen LogP contribution in [0.1, 0.15) is 51.7 Å². The fraction of sp³-hybridized carbons (Fsp3) is 0.455. The Labute approximate surface area is 136 Å². The van der Waals surface area contributed by atoms with E-state index in [1.165, 1.54) is 24.8 Å². The largest absolute Gasteiger partial charge is 0.0625 e. The minimum absolute atomic E-state index is 0.543. The maximum absolute atomic E-state index is 2.33. The first kappa shape index (κ1) is 16.8. The van der Waals surface area contributed by atoms with Gasteiger partial charge in [0.25, 0.3) is 0 Å². The van der Waals surface area contributed by atoms with Crippen molar-refractivity contribution in [3.8, 4) is 0 Å². The van der Waals surface area contributed by atoms with Crippen LogP contribution in [-0.2, 0) is 11.8 Å². The summed E-state index contributed by atoms with van der Waals surface area (Å²) >= 11 is 0. The van der Waals surface area contributed by atoms with Crippen molar-refractivity contribution in [3.05, 3.63) is 71.8 Å². The zero-order chi connectivity index (χ0) is 16.0. The maximum atomic E-state index is 2.33. The summed E-state index contributed by atoms with van der Waals surface area (Å²) < 4.78 is 0. The lowest BCUT2D eigenvalue weighted by Crippen LogP contribution is -2.14. The van der Waals surface area contributed by atoms with Crippen molar-refractivity contribution in [2.75, 3.05) is 0 Å².